The van der Waals surface area contributed by atoms with Crippen molar-refractivity contribution in [1.29, 1.82) is 0 Å². The molecular weight excluding hydrogens is 426 g/mol. The molecule has 1 aliphatic heterocycles. The maximum atomic E-state index is 12.7. The van der Waals surface area contributed by atoms with E-state index in [0.717, 1.165) is 16.8 Å². The molecule has 1 fully saturated rings. The van der Waals surface area contributed by atoms with Crippen LogP contribution in [0.4, 0.5) is 17.1 Å². The summed E-state index contributed by atoms with van der Waals surface area (Å²) in [6.45, 7) is 3.61. The van der Waals surface area contributed by atoms with Crippen molar-refractivity contribution >= 4 is 40.6 Å². The summed E-state index contributed by atoms with van der Waals surface area (Å²) in [5.41, 5.74) is 3.95. The molecule has 4 rings (SSSR count). The lowest BCUT2D eigenvalue weighted by Crippen LogP contribution is -2.27. The average molecular weight is 448 g/mol. The van der Waals surface area contributed by atoms with Crippen molar-refractivity contribution in [3.05, 3.63) is 99.1 Å². The van der Waals surface area contributed by atoms with Crippen LogP contribution in [0.25, 0.3) is 0 Å². The highest BCUT2D eigenvalue weighted by molar-refractivity contribution is 8.00. The van der Waals surface area contributed by atoms with Crippen LogP contribution >= 0.6 is 11.8 Å². The number of amides is 2. The molecule has 0 saturated carbocycles. The van der Waals surface area contributed by atoms with Crippen LogP contribution in [0.5, 0.6) is 0 Å². The second-order valence-electron chi connectivity index (χ2n) is 7.60. The smallest absolute Gasteiger partial charge is 0.273 e. The molecule has 7 nitrogen and oxygen atoms in total. The van der Waals surface area contributed by atoms with Crippen LogP contribution in [0.1, 0.15) is 32.4 Å². The van der Waals surface area contributed by atoms with Gasteiger partial charge in [-0.15, -0.1) is 11.8 Å². The van der Waals surface area contributed by atoms with E-state index in [1.54, 1.807) is 30.0 Å². The summed E-state index contributed by atoms with van der Waals surface area (Å²) in [7, 11) is 0. The Morgan fingerprint density at radius 2 is 1.88 bits per heavy atom. The monoisotopic (exact) mass is 447 g/mol. The number of thioether (sulfide) groups is 1. The Labute approximate surface area is 189 Å². The maximum Gasteiger partial charge on any atom is 0.273 e. The number of benzene rings is 3. The fourth-order valence-electron chi connectivity index (χ4n) is 3.65. The molecule has 3 aromatic rings. The molecule has 3 aromatic carbocycles. The number of aryl methyl sites for hydroxylation is 2. The standard InChI is InChI=1S/C24H21N3O4S/c1-15-5-3-8-20(11-15)26-22(28)14-32-24(26)18-6-4-7-19(12-18)25-23(29)17-10-9-16(2)21(13-17)27(30)31/h3-13,24H,14H2,1-2H3,(H,25,29). The van der Waals surface area contributed by atoms with Gasteiger partial charge in [0.15, 0.2) is 0 Å². The third-order valence-corrected chi connectivity index (χ3v) is 6.46. The van der Waals surface area contributed by atoms with Crippen LogP contribution in [0.15, 0.2) is 66.7 Å². The van der Waals surface area contributed by atoms with Crippen LogP contribution in [-0.2, 0) is 4.79 Å². The van der Waals surface area contributed by atoms with Crippen molar-refractivity contribution in [3.8, 4) is 0 Å². The van der Waals surface area contributed by atoms with Crippen molar-refractivity contribution < 1.29 is 14.5 Å². The number of nitrogens with one attached hydrogen (secondary N) is 1. The van der Waals surface area contributed by atoms with E-state index in [0.29, 0.717) is 17.0 Å². The van der Waals surface area contributed by atoms with Gasteiger partial charge >= 0.3 is 0 Å². The van der Waals surface area contributed by atoms with E-state index in [9.17, 15) is 19.7 Å². The highest BCUT2D eigenvalue weighted by Crippen LogP contribution is 2.42. The van der Waals surface area contributed by atoms with Gasteiger partial charge in [-0.05, 0) is 55.3 Å². The van der Waals surface area contributed by atoms with E-state index >= 15 is 0 Å². The van der Waals surface area contributed by atoms with Gasteiger partial charge in [0.2, 0.25) is 5.91 Å². The number of nitro groups is 1. The highest BCUT2D eigenvalue weighted by atomic mass is 32.2. The molecule has 32 heavy (non-hydrogen) atoms. The summed E-state index contributed by atoms with van der Waals surface area (Å²) in [5, 5.41) is 13.8. The normalized spacial score (nSPS) is 15.6. The lowest BCUT2D eigenvalue weighted by molar-refractivity contribution is -0.385. The Balaban J connectivity index is 1.58. The van der Waals surface area contributed by atoms with Crippen LogP contribution in [0.3, 0.4) is 0 Å². The minimum Gasteiger partial charge on any atom is -0.322 e. The van der Waals surface area contributed by atoms with Gasteiger partial charge < -0.3 is 5.32 Å². The lowest BCUT2D eigenvalue weighted by Gasteiger charge is -2.25. The molecule has 8 heteroatoms. The molecule has 1 unspecified atom stereocenters. The van der Waals surface area contributed by atoms with Crippen molar-refractivity contribution in [3.63, 3.8) is 0 Å². The van der Waals surface area contributed by atoms with Gasteiger partial charge in [0, 0.05) is 28.6 Å². The van der Waals surface area contributed by atoms with Gasteiger partial charge in [0.25, 0.3) is 11.6 Å². The van der Waals surface area contributed by atoms with E-state index in [1.165, 1.54) is 17.8 Å². The van der Waals surface area contributed by atoms with Gasteiger partial charge in [-0.2, -0.15) is 0 Å². The van der Waals surface area contributed by atoms with Crippen LogP contribution < -0.4 is 10.2 Å². The summed E-state index contributed by atoms with van der Waals surface area (Å²) in [4.78, 5) is 37.8. The minimum absolute atomic E-state index is 0.0343. The Kier molecular flexibility index (Phi) is 5.96. The van der Waals surface area contributed by atoms with E-state index in [-0.39, 0.29) is 22.5 Å². The quantitative estimate of drug-likeness (QED) is 0.426. The molecule has 1 N–H and O–H groups in total. The van der Waals surface area contributed by atoms with E-state index < -0.39 is 10.8 Å². The molecule has 162 valence electrons. The molecule has 1 aliphatic rings. The average Bonchev–Trinajstić information content (AvgIpc) is 3.15. The van der Waals surface area contributed by atoms with Crippen molar-refractivity contribution in [2.75, 3.05) is 16.0 Å². The molecule has 0 radical (unpaired) electrons. The first-order chi connectivity index (χ1) is 15.3. The van der Waals surface area contributed by atoms with Crippen LogP contribution in [-0.4, -0.2) is 22.5 Å². The number of carbonyl (C=O) groups excluding carboxylic acids is 2. The lowest BCUT2D eigenvalue weighted by atomic mass is 10.1. The fourth-order valence-corrected chi connectivity index (χ4v) is 4.82. The number of nitro benzene ring substituents is 1. The zero-order valence-corrected chi connectivity index (χ0v) is 18.4. The number of anilines is 2. The second kappa shape index (κ2) is 8.84. The Bertz CT molecular complexity index is 1230. The zero-order valence-electron chi connectivity index (χ0n) is 17.6. The van der Waals surface area contributed by atoms with E-state index in [2.05, 4.69) is 5.32 Å². The molecular formula is C24H21N3O4S. The van der Waals surface area contributed by atoms with Crippen molar-refractivity contribution in [2.45, 2.75) is 19.2 Å². The molecule has 1 heterocycles. The number of hydrogen-bond donors (Lipinski definition) is 1. The summed E-state index contributed by atoms with van der Waals surface area (Å²) in [5.74, 6) is -0.0228. The molecule has 0 aromatic heterocycles. The molecule has 1 saturated heterocycles. The Hall–Kier alpha value is -3.65. The summed E-state index contributed by atoms with van der Waals surface area (Å²) >= 11 is 1.53. The predicted molar refractivity (Wildman–Crippen MR) is 126 cm³/mol. The minimum atomic E-state index is -0.499. The zero-order chi connectivity index (χ0) is 22.8. The van der Waals surface area contributed by atoms with Gasteiger partial charge in [0.1, 0.15) is 5.37 Å². The van der Waals surface area contributed by atoms with Gasteiger partial charge in [-0.25, -0.2) is 0 Å². The Morgan fingerprint density at radius 1 is 1.09 bits per heavy atom. The first-order valence-electron chi connectivity index (χ1n) is 10.00. The van der Waals surface area contributed by atoms with Crippen LogP contribution in [0.2, 0.25) is 0 Å². The van der Waals surface area contributed by atoms with Gasteiger partial charge in [-0.1, -0.05) is 30.3 Å². The number of nitrogens with zero attached hydrogens (tertiary/aromatic N) is 2. The first kappa shape index (κ1) is 21.6. The molecule has 0 bridgehead atoms. The van der Waals surface area contributed by atoms with Crippen molar-refractivity contribution in [2.24, 2.45) is 0 Å². The second-order valence-corrected chi connectivity index (χ2v) is 8.67. The van der Waals surface area contributed by atoms with E-state index in [1.807, 2.05) is 49.4 Å². The first-order valence-corrected chi connectivity index (χ1v) is 11.0. The number of rotatable bonds is 5. The van der Waals surface area contributed by atoms with Crippen LogP contribution in [0, 0.1) is 24.0 Å². The number of carbonyl (C=O) groups is 2. The topological polar surface area (TPSA) is 92.6 Å². The predicted octanol–water partition coefficient (Wildman–Crippen LogP) is 5.24. The highest BCUT2D eigenvalue weighted by Gasteiger charge is 2.34. The fraction of sp³-hybridized carbons (Fsp3) is 0.167. The van der Waals surface area contributed by atoms with Crippen molar-refractivity contribution in [1.82, 2.24) is 0 Å². The van der Waals surface area contributed by atoms with Gasteiger partial charge in [0.05, 0.1) is 10.7 Å². The van der Waals surface area contributed by atoms with Gasteiger partial charge in [-0.3, -0.25) is 24.6 Å². The SMILES string of the molecule is Cc1cccc(N2C(=O)CSC2c2cccc(NC(=O)c3ccc(C)c([N+](=O)[O-])c3)c2)c1. The number of hydrogen-bond acceptors (Lipinski definition) is 5. The molecule has 1 atom stereocenters. The Morgan fingerprint density at radius 3 is 2.62 bits per heavy atom. The largest absolute Gasteiger partial charge is 0.322 e. The third kappa shape index (κ3) is 4.36. The van der Waals surface area contributed by atoms with E-state index in [4.69, 9.17) is 0 Å². The summed E-state index contributed by atoms with van der Waals surface area (Å²) in [6.07, 6.45) is 0. The third-order valence-electron chi connectivity index (χ3n) is 5.25. The molecule has 2 amide bonds. The summed E-state index contributed by atoms with van der Waals surface area (Å²) < 4.78 is 0. The summed E-state index contributed by atoms with van der Waals surface area (Å²) in [6, 6.07) is 19.5. The maximum absolute atomic E-state index is 12.7. The molecule has 0 aliphatic carbocycles. The molecule has 0 spiro atoms.